The highest BCUT2D eigenvalue weighted by Gasteiger charge is 2.22. The lowest BCUT2D eigenvalue weighted by Crippen LogP contribution is -2.34. The van der Waals surface area contributed by atoms with Gasteiger partial charge in [-0.05, 0) is 17.7 Å². The molecule has 1 amide bonds. The number of rotatable bonds is 7. The number of nitrogens with zero attached hydrogens (tertiary/aromatic N) is 4. The number of hydrogen-bond donors (Lipinski definition) is 0. The maximum Gasteiger partial charge on any atom is 0.339 e. The summed E-state index contributed by atoms with van der Waals surface area (Å²) in [7, 11) is 6.52. The van der Waals surface area contributed by atoms with Crippen molar-refractivity contribution in [2.24, 2.45) is 0 Å². The Balaban J connectivity index is 2.22. The van der Waals surface area contributed by atoms with Crippen LogP contribution in [-0.2, 0) is 22.6 Å². The quantitative estimate of drug-likeness (QED) is 0.389. The minimum atomic E-state index is -0.972. The molecule has 154 valence electrons. The average Bonchev–Trinajstić information content (AvgIpc) is 2.68. The molecule has 0 aliphatic rings. The van der Waals surface area contributed by atoms with Crippen LogP contribution in [-0.4, -0.2) is 54.5 Å². The van der Waals surface area contributed by atoms with Crippen molar-refractivity contribution in [1.82, 2.24) is 9.47 Å². The van der Waals surface area contributed by atoms with Crippen LogP contribution >= 0.6 is 0 Å². The summed E-state index contributed by atoms with van der Waals surface area (Å²) in [4.78, 5) is 50.1. The fourth-order valence-corrected chi connectivity index (χ4v) is 2.63. The highest BCUT2D eigenvalue weighted by molar-refractivity contribution is 5.89. The van der Waals surface area contributed by atoms with Crippen LogP contribution in [0, 0.1) is 10.1 Å². The molecule has 0 unspecified atom stereocenters. The van der Waals surface area contributed by atoms with Gasteiger partial charge in [0, 0.05) is 45.6 Å². The molecule has 0 aliphatic carbocycles. The Morgan fingerprint density at radius 2 is 1.79 bits per heavy atom. The number of carbonyl (C=O) groups excluding carboxylic acids is 2. The second-order valence-corrected chi connectivity index (χ2v) is 6.61. The average molecular weight is 402 g/mol. The summed E-state index contributed by atoms with van der Waals surface area (Å²) >= 11 is 0. The molecule has 0 saturated carbocycles. The highest BCUT2D eigenvalue weighted by atomic mass is 16.6. The fourth-order valence-electron chi connectivity index (χ4n) is 2.63. The van der Waals surface area contributed by atoms with Crippen LogP contribution in [0.3, 0.4) is 0 Å². The Morgan fingerprint density at radius 3 is 2.31 bits per heavy atom. The Morgan fingerprint density at radius 1 is 1.17 bits per heavy atom. The van der Waals surface area contributed by atoms with Gasteiger partial charge in [0.2, 0.25) is 5.91 Å². The van der Waals surface area contributed by atoms with Gasteiger partial charge >= 0.3 is 17.2 Å². The molecule has 0 fully saturated rings. The Hall–Kier alpha value is -3.69. The molecule has 10 heteroatoms. The van der Waals surface area contributed by atoms with E-state index in [2.05, 4.69) is 4.74 Å². The third-order valence-corrected chi connectivity index (χ3v) is 4.29. The summed E-state index contributed by atoms with van der Waals surface area (Å²) in [6.07, 6.45) is 1.08. The van der Waals surface area contributed by atoms with Crippen molar-refractivity contribution in [3.8, 4) is 0 Å². The summed E-state index contributed by atoms with van der Waals surface area (Å²) in [6, 6.07) is 8.44. The van der Waals surface area contributed by atoms with Crippen molar-refractivity contribution in [2.45, 2.75) is 13.1 Å². The molecular formula is C19H22N4O6. The van der Waals surface area contributed by atoms with Crippen molar-refractivity contribution >= 4 is 23.3 Å². The molecule has 0 aliphatic heterocycles. The highest BCUT2D eigenvalue weighted by Crippen LogP contribution is 2.14. The van der Waals surface area contributed by atoms with E-state index >= 15 is 0 Å². The van der Waals surface area contributed by atoms with Crippen LogP contribution in [0.15, 0.2) is 41.3 Å². The van der Waals surface area contributed by atoms with E-state index in [4.69, 9.17) is 0 Å². The summed E-state index contributed by atoms with van der Waals surface area (Å²) in [5, 5.41) is 11.1. The number of methoxy groups -OCH3 is 1. The van der Waals surface area contributed by atoms with Crippen LogP contribution in [0.4, 0.5) is 11.4 Å². The molecule has 1 aromatic heterocycles. The van der Waals surface area contributed by atoms with Crippen molar-refractivity contribution in [3.63, 3.8) is 0 Å². The number of likely N-dealkylation sites (N-methyl/N-ethyl adjacent to an activating group) is 1. The van der Waals surface area contributed by atoms with Gasteiger partial charge in [-0.1, -0.05) is 12.1 Å². The van der Waals surface area contributed by atoms with Gasteiger partial charge in [-0.25, -0.2) is 4.79 Å². The zero-order chi connectivity index (χ0) is 21.7. The number of hydrogen-bond acceptors (Lipinski definition) is 7. The number of benzene rings is 1. The topological polar surface area (TPSA) is 115 Å². The summed E-state index contributed by atoms with van der Waals surface area (Å²) in [5.41, 5.74) is -0.0646. The third-order valence-electron chi connectivity index (χ3n) is 4.29. The molecule has 0 saturated heterocycles. The van der Waals surface area contributed by atoms with E-state index in [-0.39, 0.29) is 5.56 Å². The molecule has 0 N–H and O–H groups in total. The SMILES string of the molecule is COC(=O)c1cc([N+](=O)[O-])c(=O)n(CC(=O)N(C)Cc2ccc(N(C)C)cc2)c1. The van der Waals surface area contributed by atoms with Crippen molar-refractivity contribution < 1.29 is 19.2 Å². The first kappa shape index (κ1) is 21.6. The Kier molecular flexibility index (Phi) is 6.71. The van der Waals surface area contributed by atoms with Crippen LogP contribution < -0.4 is 10.5 Å². The number of carbonyl (C=O) groups is 2. The van der Waals surface area contributed by atoms with E-state index in [0.717, 1.165) is 35.2 Å². The predicted molar refractivity (Wildman–Crippen MR) is 106 cm³/mol. The molecule has 1 aromatic carbocycles. The van der Waals surface area contributed by atoms with Gasteiger partial charge in [-0.2, -0.15) is 0 Å². The number of esters is 1. The molecule has 2 aromatic rings. The molecule has 0 bridgehead atoms. The first-order chi connectivity index (χ1) is 13.6. The van der Waals surface area contributed by atoms with Gasteiger partial charge in [0.05, 0.1) is 17.6 Å². The van der Waals surface area contributed by atoms with E-state index in [1.165, 1.54) is 4.90 Å². The van der Waals surface area contributed by atoms with Crippen molar-refractivity contribution in [1.29, 1.82) is 0 Å². The van der Waals surface area contributed by atoms with Gasteiger partial charge in [0.25, 0.3) is 0 Å². The van der Waals surface area contributed by atoms with Crippen LogP contribution in [0.1, 0.15) is 15.9 Å². The summed E-state index contributed by atoms with van der Waals surface area (Å²) in [5.74, 6) is -1.29. The monoisotopic (exact) mass is 402 g/mol. The maximum absolute atomic E-state index is 12.5. The number of anilines is 1. The lowest BCUT2D eigenvalue weighted by molar-refractivity contribution is -0.386. The number of ether oxygens (including phenoxy) is 1. The smallest absolute Gasteiger partial charge is 0.339 e. The van der Waals surface area contributed by atoms with E-state index in [1.807, 2.05) is 43.3 Å². The van der Waals surface area contributed by atoms with Crippen molar-refractivity contribution in [2.75, 3.05) is 33.2 Å². The molecule has 1 heterocycles. The fraction of sp³-hybridized carbons (Fsp3) is 0.316. The van der Waals surface area contributed by atoms with Crippen LogP contribution in [0.5, 0.6) is 0 Å². The maximum atomic E-state index is 12.5. The minimum Gasteiger partial charge on any atom is -0.465 e. The molecule has 0 spiro atoms. The van der Waals surface area contributed by atoms with Gasteiger partial charge in [-0.3, -0.25) is 24.3 Å². The number of amides is 1. The number of aromatic nitrogens is 1. The molecule has 2 rings (SSSR count). The molecular weight excluding hydrogens is 380 g/mol. The standard InChI is InChI=1S/C19H22N4O6/c1-20(2)15-7-5-13(6-8-15)10-21(3)17(24)12-22-11-14(19(26)29-4)9-16(18(22)25)23(27)28/h5-9,11H,10,12H2,1-4H3. The van der Waals surface area contributed by atoms with E-state index in [9.17, 15) is 24.5 Å². The second-order valence-electron chi connectivity index (χ2n) is 6.61. The largest absolute Gasteiger partial charge is 0.465 e. The number of pyridine rings is 1. The summed E-state index contributed by atoms with van der Waals surface area (Å²) < 4.78 is 5.39. The Bertz CT molecular complexity index is 981. The van der Waals surface area contributed by atoms with E-state index in [0.29, 0.717) is 6.54 Å². The van der Waals surface area contributed by atoms with Gasteiger partial charge in [-0.15, -0.1) is 0 Å². The predicted octanol–water partition coefficient (Wildman–Crippen LogP) is 1.27. The normalized spacial score (nSPS) is 10.3. The molecule has 29 heavy (non-hydrogen) atoms. The second kappa shape index (κ2) is 9.00. The zero-order valence-corrected chi connectivity index (χ0v) is 16.6. The van der Waals surface area contributed by atoms with Gasteiger partial charge in [0.15, 0.2) is 0 Å². The zero-order valence-electron chi connectivity index (χ0n) is 16.6. The van der Waals surface area contributed by atoms with Crippen LogP contribution in [0.2, 0.25) is 0 Å². The molecule has 0 radical (unpaired) electrons. The first-order valence-electron chi connectivity index (χ1n) is 8.61. The van der Waals surface area contributed by atoms with E-state index < -0.39 is 34.6 Å². The molecule has 0 atom stereocenters. The molecule has 10 nitrogen and oxygen atoms in total. The van der Waals surface area contributed by atoms with E-state index in [1.54, 1.807) is 7.05 Å². The van der Waals surface area contributed by atoms with Gasteiger partial charge < -0.3 is 14.5 Å². The summed E-state index contributed by atoms with van der Waals surface area (Å²) in [6.45, 7) is -0.156. The first-order valence-corrected chi connectivity index (χ1v) is 8.61. The van der Waals surface area contributed by atoms with Crippen molar-refractivity contribution in [3.05, 3.63) is 68.1 Å². The third kappa shape index (κ3) is 5.18. The lowest BCUT2D eigenvalue weighted by atomic mass is 10.2. The lowest BCUT2D eigenvalue weighted by Gasteiger charge is -2.19. The van der Waals surface area contributed by atoms with Gasteiger partial charge in [0.1, 0.15) is 6.54 Å². The Labute approximate surface area is 167 Å². The minimum absolute atomic E-state index is 0.187. The number of nitro groups is 1. The van der Waals surface area contributed by atoms with Crippen LogP contribution in [0.25, 0.3) is 0 Å².